The van der Waals surface area contributed by atoms with Crippen molar-refractivity contribution >= 4 is 11.9 Å². The van der Waals surface area contributed by atoms with Crippen LogP contribution in [-0.2, 0) is 23.8 Å². The molecule has 0 radical (unpaired) electrons. The minimum absolute atomic E-state index is 0.278. The highest BCUT2D eigenvalue weighted by molar-refractivity contribution is 5.94. The van der Waals surface area contributed by atoms with E-state index in [9.17, 15) is 9.59 Å². The molecule has 0 N–H and O–H groups in total. The van der Waals surface area contributed by atoms with Gasteiger partial charge in [0.2, 0.25) is 0 Å². The molecule has 1 aliphatic heterocycles. The van der Waals surface area contributed by atoms with Crippen molar-refractivity contribution in [3.8, 4) is 0 Å². The lowest BCUT2D eigenvalue weighted by molar-refractivity contribution is -0.162. The van der Waals surface area contributed by atoms with Crippen molar-refractivity contribution in [3.63, 3.8) is 0 Å². The van der Waals surface area contributed by atoms with Gasteiger partial charge in [-0.1, -0.05) is 0 Å². The number of carbonyl (C=O) groups is 2. The molecule has 0 bridgehead atoms. The van der Waals surface area contributed by atoms with E-state index in [1.165, 1.54) is 0 Å². The van der Waals surface area contributed by atoms with E-state index in [2.05, 4.69) is 0 Å². The number of ether oxygens (including phenoxy) is 3. The molecule has 5 nitrogen and oxygen atoms in total. The van der Waals surface area contributed by atoms with Gasteiger partial charge in [-0.15, -0.1) is 0 Å². The molecule has 5 heteroatoms. The van der Waals surface area contributed by atoms with Gasteiger partial charge in [-0.3, -0.25) is 9.59 Å². The third-order valence-corrected chi connectivity index (χ3v) is 2.56. The Morgan fingerprint density at radius 1 is 1.24 bits per heavy atom. The van der Waals surface area contributed by atoms with Crippen LogP contribution in [0.15, 0.2) is 0 Å². The zero-order valence-corrected chi connectivity index (χ0v) is 10.4. The van der Waals surface area contributed by atoms with Gasteiger partial charge in [-0.2, -0.15) is 0 Å². The van der Waals surface area contributed by atoms with Crippen molar-refractivity contribution in [1.82, 2.24) is 0 Å². The lowest BCUT2D eigenvalue weighted by Gasteiger charge is -2.13. The summed E-state index contributed by atoms with van der Waals surface area (Å²) in [6.07, 6.45) is 2.44. The second-order valence-corrected chi connectivity index (χ2v) is 3.94. The van der Waals surface area contributed by atoms with Gasteiger partial charge in [0.1, 0.15) is 0 Å². The molecule has 0 aromatic carbocycles. The summed E-state index contributed by atoms with van der Waals surface area (Å²) in [6, 6.07) is 0. The second-order valence-electron chi connectivity index (χ2n) is 3.94. The van der Waals surface area contributed by atoms with Gasteiger partial charge < -0.3 is 14.2 Å². The van der Waals surface area contributed by atoms with E-state index in [1.807, 2.05) is 0 Å². The van der Waals surface area contributed by atoms with Crippen LogP contribution in [0.1, 0.15) is 33.1 Å². The average molecular weight is 244 g/mol. The Labute approximate surface area is 101 Å². The lowest BCUT2D eigenvalue weighted by atomic mass is 10.0. The monoisotopic (exact) mass is 244 g/mol. The zero-order valence-electron chi connectivity index (χ0n) is 10.4. The summed E-state index contributed by atoms with van der Waals surface area (Å²) in [5.74, 6) is -1.75. The van der Waals surface area contributed by atoms with Crippen molar-refractivity contribution < 1.29 is 23.8 Å². The number of carbonyl (C=O) groups excluding carboxylic acids is 2. The number of hydrogen-bond acceptors (Lipinski definition) is 5. The van der Waals surface area contributed by atoms with E-state index in [1.54, 1.807) is 13.8 Å². The molecule has 0 aliphatic carbocycles. The summed E-state index contributed by atoms with van der Waals surface area (Å²) in [4.78, 5) is 23.2. The van der Waals surface area contributed by atoms with Crippen molar-refractivity contribution in [2.75, 3.05) is 19.8 Å². The fourth-order valence-electron chi connectivity index (χ4n) is 1.60. The minimum atomic E-state index is -0.784. The predicted octanol–water partition coefficient (Wildman–Crippen LogP) is 1.30. The molecule has 1 rings (SSSR count). The fourth-order valence-corrected chi connectivity index (χ4v) is 1.60. The third-order valence-electron chi connectivity index (χ3n) is 2.56. The Morgan fingerprint density at radius 3 is 2.18 bits per heavy atom. The van der Waals surface area contributed by atoms with Gasteiger partial charge >= 0.3 is 11.9 Å². The van der Waals surface area contributed by atoms with Crippen LogP contribution in [0, 0.1) is 5.92 Å². The van der Waals surface area contributed by atoms with Gasteiger partial charge in [-0.05, 0) is 33.1 Å². The Morgan fingerprint density at radius 2 is 1.76 bits per heavy atom. The molecular formula is C12H20O5. The van der Waals surface area contributed by atoms with Crippen LogP contribution in [-0.4, -0.2) is 37.9 Å². The van der Waals surface area contributed by atoms with E-state index in [0.717, 1.165) is 19.4 Å². The quantitative estimate of drug-likeness (QED) is 0.366. The average Bonchev–Trinajstić information content (AvgIpc) is 3.08. The van der Waals surface area contributed by atoms with E-state index >= 15 is 0 Å². The summed E-state index contributed by atoms with van der Waals surface area (Å²) >= 11 is 0. The summed E-state index contributed by atoms with van der Waals surface area (Å²) in [7, 11) is 0. The normalized spacial score (nSPS) is 17.9. The molecule has 98 valence electrons. The first-order chi connectivity index (χ1) is 8.19. The van der Waals surface area contributed by atoms with E-state index < -0.39 is 17.9 Å². The number of hydrogen-bond donors (Lipinski definition) is 0. The summed E-state index contributed by atoms with van der Waals surface area (Å²) < 4.78 is 14.8. The molecule has 1 heterocycles. The fraction of sp³-hybridized carbons (Fsp3) is 0.833. The Bertz CT molecular complexity index is 242. The van der Waals surface area contributed by atoms with Crippen LogP contribution < -0.4 is 0 Å². The first kappa shape index (κ1) is 14.0. The molecule has 1 fully saturated rings. The molecule has 1 aliphatic rings. The third kappa shape index (κ3) is 5.17. The van der Waals surface area contributed by atoms with Crippen LogP contribution in [0.25, 0.3) is 0 Å². The van der Waals surface area contributed by atoms with Crippen LogP contribution in [0.4, 0.5) is 0 Å². The highest BCUT2D eigenvalue weighted by Gasteiger charge is 2.30. The molecule has 1 atom stereocenters. The maximum absolute atomic E-state index is 11.6. The van der Waals surface area contributed by atoms with E-state index in [4.69, 9.17) is 14.2 Å². The highest BCUT2D eigenvalue weighted by Crippen LogP contribution is 2.20. The molecule has 0 aromatic heterocycles. The Hall–Kier alpha value is -1.10. The van der Waals surface area contributed by atoms with Gasteiger partial charge in [0, 0.05) is 0 Å². The highest BCUT2D eigenvalue weighted by atomic mass is 16.6. The zero-order chi connectivity index (χ0) is 12.7. The van der Waals surface area contributed by atoms with Gasteiger partial charge in [0.25, 0.3) is 0 Å². The number of epoxide rings is 1. The van der Waals surface area contributed by atoms with Crippen molar-refractivity contribution in [2.24, 2.45) is 5.92 Å². The van der Waals surface area contributed by atoms with Gasteiger partial charge in [0.15, 0.2) is 5.92 Å². The topological polar surface area (TPSA) is 65.1 Å². The first-order valence-corrected chi connectivity index (χ1v) is 6.13. The van der Waals surface area contributed by atoms with Gasteiger partial charge in [0.05, 0.1) is 25.9 Å². The van der Waals surface area contributed by atoms with Crippen molar-refractivity contribution in [1.29, 1.82) is 0 Å². The molecule has 17 heavy (non-hydrogen) atoms. The smallest absolute Gasteiger partial charge is 0.320 e. The van der Waals surface area contributed by atoms with E-state index in [-0.39, 0.29) is 13.2 Å². The Balaban J connectivity index is 2.38. The second kappa shape index (κ2) is 7.27. The molecule has 1 unspecified atom stereocenters. The predicted molar refractivity (Wildman–Crippen MR) is 60.3 cm³/mol. The maximum atomic E-state index is 11.6. The van der Waals surface area contributed by atoms with Crippen molar-refractivity contribution in [3.05, 3.63) is 0 Å². The van der Waals surface area contributed by atoms with Crippen LogP contribution in [0.5, 0.6) is 0 Å². The number of rotatable bonds is 8. The van der Waals surface area contributed by atoms with E-state index in [0.29, 0.717) is 12.5 Å². The summed E-state index contributed by atoms with van der Waals surface area (Å²) in [5.41, 5.74) is 0. The molecular weight excluding hydrogens is 224 g/mol. The summed E-state index contributed by atoms with van der Waals surface area (Å²) in [5, 5.41) is 0. The maximum Gasteiger partial charge on any atom is 0.320 e. The number of esters is 2. The standard InChI is InChI=1S/C12H20O5/c1-3-15-11(13)10(12(14)16-4-2)7-5-6-9-8-17-9/h9-10H,3-8H2,1-2H3. The van der Waals surface area contributed by atoms with Gasteiger partial charge in [-0.25, -0.2) is 0 Å². The van der Waals surface area contributed by atoms with Crippen LogP contribution in [0.3, 0.4) is 0 Å². The molecule has 1 saturated heterocycles. The van der Waals surface area contributed by atoms with Crippen LogP contribution in [0.2, 0.25) is 0 Å². The molecule has 0 amide bonds. The summed E-state index contributed by atoms with van der Waals surface area (Å²) in [6.45, 7) is 4.79. The molecule has 0 saturated carbocycles. The molecule has 0 spiro atoms. The largest absolute Gasteiger partial charge is 0.465 e. The Kier molecular flexibility index (Phi) is 5.97. The molecule has 0 aromatic rings. The van der Waals surface area contributed by atoms with Crippen molar-refractivity contribution in [2.45, 2.75) is 39.2 Å². The van der Waals surface area contributed by atoms with Crippen LogP contribution >= 0.6 is 0 Å². The lowest BCUT2D eigenvalue weighted by Crippen LogP contribution is -2.28. The SMILES string of the molecule is CCOC(=O)C(CCCC1CO1)C(=O)OCC. The first-order valence-electron chi connectivity index (χ1n) is 6.13. The minimum Gasteiger partial charge on any atom is -0.465 e.